The number of hydrogen-bond donors (Lipinski definition) is 2. The number of carbonyl (C=O) groups is 1. The van der Waals surface area contributed by atoms with Crippen LogP contribution in [0.1, 0.15) is 10.4 Å². The normalized spacial score (nSPS) is 11.3. The second kappa shape index (κ2) is 9.11. The average molecular weight is 417 g/mol. The predicted octanol–water partition coefficient (Wildman–Crippen LogP) is 3.59. The van der Waals surface area contributed by atoms with E-state index in [0.29, 0.717) is 11.3 Å². The lowest BCUT2D eigenvalue weighted by atomic mass is 10.1. The zero-order valence-electron chi connectivity index (χ0n) is 15.2. The quantitative estimate of drug-likeness (QED) is 0.550. The Morgan fingerprint density at radius 3 is 2.54 bits per heavy atom. The number of benzene rings is 2. The second-order valence-corrected chi connectivity index (χ2v) is 8.51. The van der Waals surface area contributed by atoms with Gasteiger partial charge in [-0.2, -0.15) is 11.3 Å². The van der Waals surface area contributed by atoms with E-state index in [1.54, 1.807) is 11.3 Å². The number of sulfonamides is 1. The van der Waals surface area contributed by atoms with Gasteiger partial charge in [-0.05, 0) is 64.4 Å². The highest BCUT2D eigenvalue weighted by atomic mass is 32.2. The van der Waals surface area contributed by atoms with E-state index in [2.05, 4.69) is 10.0 Å². The maximum atomic E-state index is 12.5. The summed E-state index contributed by atoms with van der Waals surface area (Å²) in [5.41, 5.74) is 3.16. The van der Waals surface area contributed by atoms with Crippen LogP contribution in [0, 0.1) is 0 Å². The number of anilines is 1. The minimum Gasteiger partial charge on any atom is -0.383 e. The smallest absolute Gasteiger partial charge is 0.255 e. The Morgan fingerprint density at radius 2 is 1.86 bits per heavy atom. The maximum absolute atomic E-state index is 12.5. The highest BCUT2D eigenvalue weighted by Gasteiger charge is 2.14. The van der Waals surface area contributed by atoms with Crippen LogP contribution in [0.3, 0.4) is 0 Å². The van der Waals surface area contributed by atoms with Crippen molar-refractivity contribution in [1.29, 1.82) is 0 Å². The Labute approximate surface area is 168 Å². The van der Waals surface area contributed by atoms with Crippen LogP contribution in [0.15, 0.2) is 70.3 Å². The third kappa shape index (κ3) is 5.05. The Bertz CT molecular complexity index is 1030. The standard InChI is InChI=1S/C20H20N2O4S2/c1-26-11-10-21-28(24,25)19-7-5-15(6-8-19)20(23)22-18-4-2-3-16(13-18)17-9-12-27-14-17/h2-9,12-14,21H,10-11H2,1H3,(H,22,23). The van der Waals surface area contributed by atoms with Crippen molar-refractivity contribution < 1.29 is 17.9 Å². The fraction of sp³-hybridized carbons (Fsp3) is 0.150. The Hall–Kier alpha value is -2.52. The van der Waals surface area contributed by atoms with Gasteiger partial charge in [-0.3, -0.25) is 4.79 Å². The average Bonchev–Trinajstić information content (AvgIpc) is 3.23. The molecular weight excluding hydrogens is 396 g/mol. The molecule has 1 amide bonds. The van der Waals surface area contributed by atoms with Crippen LogP contribution < -0.4 is 10.0 Å². The molecule has 1 aromatic heterocycles. The van der Waals surface area contributed by atoms with Crippen molar-refractivity contribution in [2.45, 2.75) is 4.90 Å². The first-order valence-electron chi connectivity index (χ1n) is 8.52. The predicted molar refractivity (Wildman–Crippen MR) is 111 cm³/mol. The molecule has 0 saturated heterocycles. The molecule has 0 radical (unpaired) electrons. The summed E-state index contributed by atoms with van der Waals surface area (Å²) >= 11 is 1.61. The number of methoxy groups -OCH3 is 1. The summed E-state index contributed by atoms with van der Waals surface area (Å²) in [7, 11) is -2.13. The Kier molecular flexibility index (Phi) is 6.58. The van der Waals surface area contributed by atoms with Crippen LogP contribution in [0.4, 0.5) is 5.69 Å². The second-order valence-electron chi connectivity index (χ2n) is 5.96. The molecule has 0 aliphatic heterocycles. The highest BCUT2D eigenvalue weighted by Crippen LogP contribution is 2.25. The molecule has 6 nitrogen and oxygen atoms in total. The van der Waals surface area contributed by atoms with Gasteiger partial charge in [0.15, 0.2) is 0 Å². The van der Waals surface area contributed by atoms with Gasteiger partial charge in [0.2, 0.25) is 10.0 Å². The zero-order valence-corrected chi connectivity index (χ0v) is 16.8. The van der Waals surface area contributed by atoms with Crippen LogP contribution in [0.2, 0.25) is 0 Å². The van der Waals surface area contributed by atoms with Gasteiger partial charge >= 0.3 is 0 Å². The number of hydrogen-bond acceptors (Lipinski definition) is 5. The number of carbonyl (C=O) groups excluding carboxylic acids is 1. The van der Waals surface area contributed by atoms with Crippen molar-refractivity contribution in [3.63, 3.8) is 0 Å². The van der Waals surface area contributed by atoms with Crippen LogP contribution in [-0.2, 0) is 14.8 Å². The first-order valence-corrected chi connectivity index (χ1v) is 10.9. The summed E-state index contributed by atoms with van der Waals surface area (Å²) in [5.74, 6) is -0.307. The topological polar surface area (TPSA) is 84.5 Å². The van der Waals surface area contributed by atoms with Crippen LogP contribution in [-0.4, -0.2) is 34.6 Å². The molecule has 0 atom stereocenters. The fourth-order valence-corrected chi connectivity index (χ4v) is 4.23. The number of rotatable bonds is 8. The van der Waals surface area contributed by atoms with Crippen molar-refractivity contribution in [3.05, 3.63) is 70.9 Å². The first kappa shape index (κ1) is 20.2. The molecule has 28 heavy (non-hydrogen) atoms. The summed E-state index contributed by atoms with van der Waals surface area (Å²) in [4.78, 5) is 12.6. The highest BCUT2D eigenvalue weighted by molar-refractivity contribution is 7.89. The largest absolute Gasteiger partial charge is 0.383 e. The van der Waals surface area contributed by atoms with Gasteiger partial charge in [0.25, 0.3) is 5.91 Å². The van der Waals surface area contributed by atoms with Crippen LogP contribution in [0.25, 0.3) is 11.1 Å². The number of nitrogens with one attached hydrogen (secondary N) is 2. The lowest BCUT2D eigenvalue weighted by molar-refractivity contribution is 0.102. The van der Waals surface area contributed by atoms with Crippen molar-refractivity contribution in [2.75, 3.05) is 25.6 Å². The Balaban J connectivity index is 1.69. The van der Waals surface area contributed by atoms with Crippen molar-refractivity contribution >= 4 is 33.0 Å². The van der Waals surface area contributed by atoms with Gasteiger partial charge in [-0.25, -0.2) is 13.1 Å². The number of ether oxygens (including phenoxy) is 1. The summed E-state index contributed by atoms with van der Waals surface area (Å²) in [6.45, 7) is 0.464. The number of thiophene rings is 1. The van der Waals surface area contributed by atoms with E-state index in [1.807, 2.05) is 41.1 Å². The van der Waals surface area contributed by atoms with Crippen LogP contribution in [0.5, 0.6) is 0 Å². The molecule has 0 aliphatic carbocycles. The minimum atomic E-state index is -3.63. The third-order valence-corrected chi connectivity index (χ3v) is 6.16. The van der Waals surface area contributed by atoms with E-state index in [-0.39, 0.29) is 24.0 Å². The van der Waals surface area contributed by atoms with Gasteiger partial charge in [0, 0.05) is 24.9 Å². The van der Waals surface area contributed by atoms with E-state index in [0.717, 1.165) is 11.1 Å². The first-order chi connectivity index (χ1) is 13.5. The zero-order chi connectivity index (χ0) is 20.0. The molecule has 8 heteroatoms. The summed E-state index contributed by atoms with van der Waals surface area (Å²) in [5, 5.41) is 6.89. The summed E-state index contributed by atoms with van der Waals surface area (Å²) in [6.07, 6.45) is 0. The monoisotopic (exact) mass is 416 g/mol. The lowest BCUT2D eigenvalue weighted by Crippen LogP contribution is -2.27. The molecule has 1 heterocycles. The fourth-order valence-electron chi connectivity index (χ4n) is 2.56. The van der Waals surface area contributed by atoms with Crippen molar-refractivity contribution in [3.8, 4) is 11.1 Å². The number of amides is 1. The van der Waals surface area contributed by atoms with Crippen molar-refractivity contribution in [1.82, 2.24) is 4.72 Å². The molecule has 3 aromatic rings. The molecular formula is C20H20N2O4S2. The minimum absolute atomic E-state index is 0.0969. The van der Waals surface area contributed by atoms with Gasteiger partial charge in [-0.15, -0.1) is 0 Å². The molecule has 2 aromatic carbocycles. The molecule has 0 unspecified atom stereocenters. The molecule has 0 fully saturated rings. The van der Waals surface area contributed by atoms with E-state index < -0.39 is 10.0 Å². The molecule has 0 aliphatic rings. The lowest BCUT2D eigenvalue weighted by Gasteiger charge is -2.09. The summed E-state index contributed by atoms with van der Waals surface area (Å²) < 4.78 is 31.6. The third-order valence-electron chi connectivity index (χ3n) is 4.00. The van der Waals surface area contributed by atoms with Gasteiger partial charge in [0.05, 0.1) is 11.5 Å². The van der Waals surface area contributed by atoms with E-state index >= 15 is 0 Å². The molecule has 146 valence electrons. The summed E-state index contributed by atoms with van der Waals surface area (Å²) in [6, 6.07) is 15.4. The SMILES string of the molecule is COCCNS(=O)(=O)c1ccc(C(=O)Nc2cccc(-c3ccsc3)c2)cc1. The Morgan fingerprint density at radius 1 is 1.07 bits per heavy atom. The van der Waals surface area contributed by atoms with E-state index in [9.17, 15) is 13.2 Å². The van der Waals surface area contributed by atoms with Crippen LogP contribution >= 0.6 is 11.3 Å². The molecule has 2 N–H and O–H groups in total. The molecule has 3 rings (SSSR count). The molecule has 0 spiro atoms. The van der Waals surface area contributed by atoms with Gasteiger partial charge in [-0.1, -0.05) is 12.1 Å². The van der Waals surface area contributed by atoms with E-state index in [1.165, 1.54) is 31.4 Å². The van der Waals surface area contributed by atoms with Gasteiger partial charge in [0.1, 0.15) is 0 Å². The van der Waals surface area contributed by atoms with E-state index in [4.69, 9.17) is 4.74 Å². The maximum Gasteiger partial charge on any atom is 0.255 e. The molecule has 0 bridgehead atoms. The molecule has 0 saturated carbocycles. The van der Waals surface area contributed by atoms with Gasteiger partial charge < -0.3 is 10.1 Å². The van der Waals surface area contributed by atoms with Crippen molar-refractivity contribution in [2.24, 2.45) is 0 Å².